The van der Waals surface area contributed by atoms with Crippen LogP contribution in [-0.2, 0) is 9.53 Å². The summed E-state index contributed by atoms with van der Waals surface area (Å²) < 4.78 is 12.7. The highest BCUT2D eigenvalue weighted by atomic mass is 32.2. The maximum Gasteiger partial charge on any atom is 0.230 e. The molecule has 0 spiro atoms. The third kappa shape index (κ3) is 5.06. The number of aryl methyl sites for hydroxylation is 2. The Morgan fingerprint density at radius 2 is 2.03 bits per heavy atom. The number of hydrogen-bond acceptors (Lipinski definition) is 7. The fraction of sp³-hybridized carbons (Fsp3) is 0.435. The Labute approximate surface area is 192 Å². The highest BCUT2D eigenvalue weighted by molar-refractivity contribution is 7.99. The number of thioether (sulfide) groups is 1. The normalized spacial score (nSPS) is 14.6. The molecule has 1 N–H and O–H groups in total. The van der Waals surface area contributed by atoms with E-state index in [2.05, 4.69) is 10.2 Å². The van der Waals surface area contributed by atoms with E-state index in [1.807, 2.05) is 48.7 Å². The van der Waals surface area contributed by atoms with Gasteiger partial charge in [0, 0.05) is 37.4 Å². The lowest BCUT2D eigenvalue weighted by Crippen LogP contribution is -2.41. The molecule has 0 radical (unpaired) electrons. The molecule has 8 nitrogen and oxygen atoms in total. The van der Waals surface area contributed by atoms with Crippen LogP contribution in [0.25, 0.3) is 16.8 Å². The number of carbonyl (C=O) groups excluding carboxylic acids is 1. The fourth-order valence-corrected chi connectivity index (χ4v) is 4.73. The van der Waals surface area contributed by atoms with E-state index < -0.39 is 0 Å². The van der Waals surface area contributed by atoms with Crippen LogP contribution in [0.4, 0.5) is 0 Å². The molecule has 0 saturated carbocycles. The van der Waals surface area contributed by atoms with Crippen LogP contribution in [0.15, 0.2) is 35.4 Å². The number of ether oxygens (including phenoxy) is 2. The second-order valence-electron chi connectivity index (χ2n) is 7.72. The lowest BCUT2D eigenvalue weighted by molar-refractivity contribution is -0.118. The number of fused-ring (bicyclic) bond motifs is 1. The topological polar surface area (TPSA) is 81.0 Å². The summed E-state index contributed by atoms with van der Waals surface area (Å²) in [5.74, 6) is 1.12. The molecule has 0 atom stereocenters. The highest BCUT2D eigenvalue weighted by Gasteiger charge is 2.19. The zero-order valence-corrected chi connectivity index (χ0v) is 19.6. The van der Waals surface area contributed by atoms with Crippen molar-refractivity contribution in [2.45, 2.75) is 18.9 Å². The molecular weight excluding hydrogens is 426 g/mol. The standard InChI is InChI=1S/C23H29N5O3S/c1-16-14-21(32-15-20(29)24-8-9-27-10-12-31-13-11-27)28-23(25-16)22(17(2)26-28)18-6-4-5-7-19(18)30-3/h4-7,14H,8-13,15H2,1-3H3,(H,24,29). The van der Waals surface area contributed by atoms with Crippen molar-refractivity contribution in [3.05, 3.63) is 41.7 Å². The lowest BCUT2D eigenvalue weighted by atomic mass is 10.1. The smallest absolute Gasteiger partial charge is 0.230 e. The molecule has 0 aliphatic carbocycles. The van der Waals surface area contributed by atoms with Gasteiger partial charge in [-0.2, -0.15) is 5.10 Å². The average Bonchev–Trinajstić information content (AvgIpc) is 3.13. The van der Waals surface area contributed by atoms with Crippen LogP contribution < -0.4 is 10.1 Å². The van der Waals surface area contributed by atoms with Crippen LogP contribution in [0.2, 0.25) is 0 Å². The summed E-state index contributed by atoms with van der Waals surface area (Å²) >= 11 is 1.47. The van der Waals surface area contributed by atoms with E-state index in [4.69, 9.17) is 19.6 Å². The first-order valence-corrected chi connectivity index (χ1v) is 11.8. The van der Waals surface area contributed by atoms with E-state index in [1.165, 1.54) is 11.8 Å². The molecule has 0 unspecified atom stereocenters. The molecule has 170 valence electrons. The number of nitrogens with one attached hydrogen (secondary N) is 1. The Bertz CT molecular complexity index is 1090. The van der Waals surface area contributed by atoms with Crippen molar-refractivity contribution in [3.8, 4) is 16.9 Å². The van der Waals surface area contributed by atoms with Gasteiger partial charge in [0.05, 0.1) is 37.3 Å². The van der Waals surface area contributed by atoms with Gasteiger partial charge in [0.25, 0.3) is 0 Å². The average molecular weight is 456 g/mol. The minimum atomic E-state index is 0.0136. The molecule has 0 bridgehead atoms. The Morgan fingerprint density at radius 1 is 1.25 bits per heavy atom. The Balaban J connectivity index is 1.48. The molecule has 1 amide bonds. The maximum atomic E-state index is 12.4. The van der Waals surface area contributed by atoms with Crippen LogP contribution in [0.5, 0.6) is 5.75 Å². The second-order valence-corrected chi connectivity index (χ2v) is 8.72. The predicted molar refractivity (Wildman–Crippen MR) is 125 cm³/mol. The predicted octanol–water partition coefficient (Wildman–Crippen LogP) is 2.56. The van der Waals surface area contributed by atoms with Crippen LogP contribution in [0.1, 0.15) is 11.4 Å². The third-order valence-electron chi connectivity index (χ3n) is 5.44. The first kappa shape index (κ1) is 22.6. The van der Waals surface area contributed by atoms with Crippen molar-refractivity contribution in [2.75, 3.05) is 52.3 Å². The third-order valence-corrected chi connectivity index (χ3v) is 6.43. The van der Waals surface area contributed by atoms with E-state index in [0.717, 1.165) is 71.8 Å². The molecule has 3 aromatic rings. The fourth-order valence-electron chi connectivity index (χ4n) is 3.85. The summed E-state index contributed by atoms with van der Waals surface area (Å²) in [5, 5.41) is 8.64. The van der Waals surface area contributed by atoms with Crippen molar-refractivity contribution in [2.24, 2.45) is 0 Å². The molecule has 1 fully saturated rings. The molecule has 1 aromatic carbocycles. The van der Waals surface area contributed by atoms with E-state index in [-0.39, 0.29) is 5.91 Å². The van der Waals surface area contributed by atoms with Gasteiger partial charge in [-0.3, -0.25) is 9.69 Å². The van der Waals surface area contributed by atoms with Gasteiger partial charge in [-0.25, -0.2) is 9.50 Å². The number of carbonyl (C=O) groups is 1. The van der Waals surface area contributed by atoms with Crippen molar-refractivity contribution in [3.63, 3.8) is 0 Å². The van der Waals surface area contributed by atoms with Gasteiger partial charge >= 0.3 is 0 Å². The molecule has 32 heavy (non-hydrogen) atoms. The quantitative estimate of drug-likeness (QED) is 0.413. The van der Waals surface area contributed by atoms with Gasteiger partial charge in [-0.1, -0.05) is 30.0 Å². The number of nitrogens with zero attached hydrogens (tertiary/aromatic N) is 4. The van der Waals surface area contributed by atoms with Crippen molar-refractivity contribution < 1.29 is 14.3 Å². The summed E-state index contributed by atoms with van der Waals surface area (Å²) in [4.78, 5) is 19.5. The summed E-state index contributed by atoms with van der Waals surface area (Å²) in [6, 6.07) is 9.85. The number of amides is 1. The van der Waals surface area contributed by atoms with E-state index >= 15 is 0 Å². The Kier molecular flexibility index (Phi) is 7.29. The Morgan fingerprint density at radius 3 is 2.81 bits per heavy atom. The van der Waals surface area contributed by atoms with Crippen LogP contribution in [0.3, 0.4) is 0 Å². The highest BCUT2D eigenvalue weighted by Crippen LogP contribution is 2.35. The van der Waals surface area contributed by atoms with Crippen molar-refractivity contribution in [1.82, 2.24) is 24.8 Å². The van der Waals surface area contributed by atoms with Crippen LogP contribution >= 0.6 is 11.8 Å². The van der Waals surface area contributed by atoms with E-state index in [9.17, 15) is 4.79 Å². The van der Waals surface area contributed by atoms with E-state index in [1.54, 1.807) is 7.11 Å². The summed E-state index contributed by atoms with van der Waals surface area (Å²) in [5.41, 5.74) is 4.41. The van der Waals surface area contributed by atoms with Gasteiger partial charge < -0.3 is 14.8 Å². The Hall–Kier alpha value is -2.62. The molecule has 1 aliphatic rings. The van der Waals surface area contributed by atoms with Crippen molar-refractivity contribution >= 4 is 23.3 Å². The van der Waals surface area contributed by atoms with Crippen LogP contribution in [-0.4, -0.2) is 77.7 Å². The second kappa shape index (κ2) is 10.3. The monoisotopic (exact) mass is 455 g/mol. The summed E-state index contributed by atoms with van der Waals surface area (Å²) in [7, 11) is 1.66. The van der Waals surface area contributed by atoms with Crippen LogP contribution in [0, 0.1) is 13.8 Å². The number of para-hydroxylation sites is 1. The minimum Gasteiger partial charge on any atom is -0.496 e. The number of methoxy groups -OCH3 is 1. The van der Waals surface area contributed by atoms with Gasteiger partial charge in [0.15, 0.2) is 5.65 Å². The molecule has 1 saturated heterocycles. The molecule has 1 aliphatic heterocycles. The van der Waals surface area contributed by atoms with Crippen molar-refractivity contribution in [1.29, 1.82) is 0 Å². The molecule has 9 heteroatoms. The first-order valence-electron chi connectivity index (χ1n) is 10.8. The van der Waals surface area contributed by atoms with E-state index in [0.29, 0.717) is 12.3 Å². The zero-order chi connectivity index (χ0) is 22.5. The molecule has 3 heterocycles. The first-order chi connectivity index (χ1) is 15.6. The molecule has 4 rings (SSSR count). The number of aromatic nitrogens is 3. The van der Waals surface area contributed by atoms with Gasteiger partial charge in [-0.15, -0.1) is 0 Å². The number of hydrogen-bond donors (Lipinski definition) is 1. The summed E-state index contributed by atoms with van der Waals surface area (Å²) in [6.07, 6.45) is 0. The molecule has 2 aromatic heterocycles. The number of rotatable bonds is 8. The summed E-state index contributed by atoms with van der Waals surface area (Å²) in [6.45, 7) is 8.79. The number of benzene rings is 1. The number of morpholine rings is 1. The largest absolute Gasteiger partial charge is 0.496 e. The SMILES string of the molecule is COc1ccccc1-c1c(C)nn2c(SCC(=O)NCCN3CCOCC3)cc(C)nc12. The lowest BCUT2D eigenvalue weighted by Gasteiger charge is -2.26. The molecular formula is C23H29N5O3S. The van der Waals surface area contributed by atoms with Gasteiger partial charge in [0.2, 0.25) is 5.91 Å². The zero-order valence-electron chi connectivity index (χ0n) is 18.8. The van der Waals surface area contributed by atoms with Gasteiger partial charge in [-0.05, 0) is 26.0 Å². The maximum absolute atomic E-state index is 12.4. The van der Waals surface area contributed by atoms with Gasteiger partial charge in [0.1, 0.15) is 10.8 Å². The minimum absolute atomic E-state index is 0.0136.